The summed E-state index contributed by atoms with van der Waals surface area (Å²) in [5.74, 6) is 1.29. The topological polar surface area (TPSA) is 67.4 Å². The molecule has 0 fully saturated rings. The van der Waals surface area contributed by atoms with E-state index in [1.54, 1.807) is 12.1 Å². The molecule has 2 aromatic heterocycles. The summed E-state index contributed by atoms with van der Waals surface area (Å²) < 4.78 is 16.2. The molecule has 0 N–H and O–H groups in total. The maximum absolute atomic E-state index is 14.1. The number of aromatic nitrogens is 4. The summed E-state index contributed by atoms with van der Waals surface area (Å²) in [7, 11) is 0. The second-order valence-corrected chi connectivity index (χ2v) is 11.0. The van der Waals surface area contributed by atoms with E-state index in [1.165, 1.54) is 12.1 Å². The second-order valence-electron chi connectivity index (χ2n) is 11.0. The van der Waals surface area contributed by atoms with Crippen LogP contribution < -0.4 is 0 Å². The summed E-state index contributed by atoms with van der Waals surface area (Å²) in [5, 5.41) is 11.9. The lowest BCUT2D eigenvalue weighted by Crippen LogP contribution is -2.02. The van der Waals surface area contributed by atoms with Crippen molar-refractivity contribution in [1.82, 2.24) is 19.5 Å². The Morgan fingerprint density at radius 1 is 0.500 bits per heavy atom. The third-order valence-electron chi connectivity index (χ3n) is 8.16. The predicted molar refractivity (Wildman–Crippen MR) is 181 cm³/mol. The Balaban J connectivity index is 1.43. The molecule has 0 spiro atoms. The molecular formula is C40H24FN5. The van der Waals surface area contributed by atoms with E-state index in [1.807, 2.05) is 103 Å². The molecule has 6 heteroatoms. The normalized spacial score (nSPS) is 11.1. The highest BCUT2D eigenvalue weighted by molar-refractivity contribution is 6.09. The van der Waals surface area contributed by atoms with Gasteiger partial charge in [-0.15, -0.1) is 0 Å². The van der Waals surface area contributed by atoms with Gasteiger partial charge in [-0.1, -0.05) is 103 Å². The van der Waals surface area contributed by atoms with Crippen molar-refractivity contribution in [3.05, 3.63) is 157 Å². The Hall–Kier alpha value is -6.45. The molecule has 0 aliphatic rings. The molecular weight excluding hydrogens is 569 g/mol. The molecule has 0 radical (unpaired) electrons. The van der Waals surface area contributed by atoms with Crippen LogP contribution in [0.2, 0.25) is 0 Å². The SMILES string of the molecule is N#Cc1ccc2c3ccccc3n(-c3ccc(-c4ccc(F)cc4)c(-c4nc(-c5ccccc5)nc(-c5ccccc5)n4)c3)c2c1. The fraction of sp³-hybridized carbons (Fsp3) is 0. The second kappa shape index (κ2) is 11.2. The molecule has 0 saturated heterocycles. The van der Waals surface area contributed by atoms with Gasteiger partial charge in [0.05, 0.1) is 22.7 Å². The molecule has 0 amide bonds. The average Bonchev–Trinajstić information content (AvgIpc) is 3.46. The first-order chi connectivity index (χ1) is 22.7. The quantitative estimate of drug-likeness (QED) is 0.199. The number of benzene rings is 6. The fourth-order valence-electron chi connectivity index (χ4n) is 5.98. The summed E-state index contributed by atoms with van der Waals surface area (Å²) in [5.41, 5.74) is 7.59. The lowest BCUT2D eigenvalue weighted by molar-refractivity contribution is 0.628. The highest BCUT2D eigenvalue weighted by atomic mass is 19.1. The minimum absolute atomic E-state index is 0.307. The zero-order valence-corrected chi connectivity index (χ0v) is 24.5. The van der Waals surface area contributed by atoms with Crippen molar-refractivity contribution in [2.45, 2.75) is 0 Å². The summed E-state index contributed by atoms with van der Waals surface area (Å²) in [6, 6.07) is 48.6. The first-order valence-electron chi connectivity index (χ1n) is 14.9. The molecule has 0 saturated carbocycles. The highest BCUT2D eigenvalue weighted by Gasteiger charge is 2.19. The standard InChI is InChI=1S/C40H24FN5/c41-30-18-16-27(17-19-30)32-22-20-31(46-36-14-8-7-13-33(36)34-21-15-26(25-42)23-37(34)46)24-35(32)40-44-38(28-9-3-1-4-10-28)43-39(45-40)29-11-5-2-6-12-29/h1-24H. The first-order valence-corrected chi connectivity index (χ1v) is 14.9. The lowest BCUT2D eigenvalue weighted by atomic mass is 9.98. The van der Waals surface area contributed by atoms with Crippen LogP contribution in [-0.4, -0.2) is 19.5 Å². The molecule has 216 valence electrons. The number of hydrogen-bond donors (Lipinski definition) is 0. The molecule has 0 aliphatic heterocycles. The average molecular weight is 594 g/mol. The van der Waals surface area contributed by atoms with Crippen molar-refractivity contribution in [3.8, 4) is 57.0 Å². The third kappa shape index (κ3) is 4.77. The maximum Gasteiger partial charge on any atom is 0.164 e. The van der Waals surface area contributed by atoms with Gasteiger partial charge in [0.2, 0.25) is 0 Å². The Bertz CT molecular complexity index is 2370. The monoisotopic (exact) mass is 593 g/mol. The van der Waals surface area contributed by atoms with Crippen LogP contribution in [0.1, 0.15) is 5.56 Å². The maximum atomic E-state index is 14.1. The van der Waals surface area contributed by atoms with Crippen LogP contribution in [0.4, 0.5) is 4.39 Å². The van der Waals surface area contributed by atoms with Gasteiger partial charge in [-0.25, -0.2) is 19.3 Å². The molecule has 8 aromatic rings. The number of nitrogens with zero attached hydrogens (tertiary/aromatic N) is 5. The summed E-state index contributed by atoms with van der Waals surface area (Å²) in [6.07, 6.45) is 0. The van der Waals surface area contributed by atoms with Gasteiger partial charge in [-0.05, 0) is 53.6 Å². The van der Waals surface area contributed by atoms with E-state index >= 15 is 0 Å². The van der Waals surface area contributed by atoms with Crippen LogP contribution in [-0.2, 0) is 0 Å². The molecule has 6 aromatic carbocycles. The van der Waals surface area contributed by atoms with Crippen LogP contribution in [0.25, 0.3) is 72.8 Å². The van der Waals surface area contributed by atoms with Crippen LogP contribution in [0.5, 0.6) is 0 Å². The van der Waals surface area contributed by atoms with E-state index in [2.05, 4.69) is 28.8 Å². The molecule has 8 rings (SSSR count). The summed E-state index contributed by atoms with van der Waals surface area (Å²) in [4.78, 5) is 14.9. The van der Waals surface area contributed by atoms with Gasteiger partial charge < -0.3 is 4.57 Å². The van der Waals surface area contributed by atoms with Crippen molar-refractivity contribution in [2.24, 2.45) is 0 Å². The van der Waals surface area contributed by atoms with Gasteiger partial charge in [0.1, 0.15) is 5.82 Å². The molecule has 0 bridgehead atoms. The molecule has 0 aliphatic carbocycles. The number of fused-ring (bicyclic) bond motifs is 3. The van der Waals surface area contributed by atoms with Gasteiger partial charge in [0, 0.05) is 33.2 Å². The van der Waals surface area contributed by atoms with Crippen LogP contribution in [0, 0.1) is 17.1 Å². The number of hydrogen-bond acceptors (Lipinski definition) is 4. The minimum Gasteiger partial charge on any atom is -0.309 e. The van der Waals surface area contributed by atoms with Gasteiger partial charge >= 0.3 is 0 Å². The number of para-hydroxylation sites is 1. The summed E-state index contributed by atoms with van der Waals surface area (Å²) >= 11 is 0. The van der Waals surface area contributed by atoms with Crippen LogP contribution in [0.3, 0.4) is 0 Å². The van der Waals surface area contributed by atoms with Crippen molar-refractivity contribution in [2.75, 3.05) is 0 Å². The van der Waals surface area contributed by atoms with Crippen molar-refractivity contribution in [1.29, 1.82) is 5.26 Å². The Morgan fingerprint density at radius 3 is 1.78 bits per heavy atom. The van der Waals surface area contributed by atoms with Crippen LogP contribution >= 0.6 is 0 Å². The van der Waals surface area contributed by atoms with E-state index in [-0.39, 0.29) is 5.82 Å². The van der Waals surface area contributed by atoms with E-state index in [4.69, 9.17) is 15.0 Å². The van der Waals surface area contributed by atoms with Gasteiger partial charge in [0.25, 0.3) is 0 Å². The van der Waals surface area contributed by atoms with E-state index in [9.17, 15) is 9.65 Å². The molecule has 0 unspecified atom stereocenters. The Kier molecular flexibility index (Phi) is 6.63. The van der Waals surface area contributed by atoms with Gasteiger partial charge in [0.15, 0.2) is 17.5 Å². The largest absolute Gasteiger partial charge is 0.309 e. The zero-order chi connectivity index (χ0) is 31.0. The van der Waals surface area contributed by atoms with Crippen molar-refractivity contribution < 1.29 is 4.39 Å². The van der Waals surface area contributed by atoms with Crippen molar-refractivity contribution >= 4 is 21.8 Å². The Morgan fingerprint density at radius 2 is 1.11 bits per heavy atom. The Labute approximate surface area is 264 Å². The first kappa shape index (κ1) is 27.1. The molecule has 2 heterocycles. The molecule has 0 atom stereocenters. The number of halogens is 1. The fourth-order valence-corrected chi connectivity index (χ4v) is 5.98. The zero-order valence-electron chi connectivity index (χ0n) is 24.5. The van der Waals surface area contributed by atoms with E-state index in [0.29, 0.717) is 23.0 Å². The van der Waals surface area contributed by atoms with E-state index < -0.39 is 0 Å². The molecule has 46 heavy (non-hydrogen) atoms. The van der Waals surface area contributed by atoms with Crippen LogP contribution in [0.15, 0.2) is 146 Å². The molecule has 5 nitrogen and oxygen atoms in total. The van der Waals surface area contributed by atoms with Gasteiger partial charge in [-0.2, -0.15) is 5.26 Å². The smallest absolute Gasteiger partial charge is 0.164 e. The number of nitriles is 1. The lowest BCUT2D eigenvalue weighted by Gasteiger charge is -2.15. The summed E-state index contributed by atoms with van der Waals surface area (Å²) in [6.45, 7) is 0. The van der Waals surface area contributed by atoms with Gasteiger partial charge in [-0.3, -0.25) is 0 Å². The third-order valence-corrected chi connectivity index (χ3v) is 8.16. The van der Waals surface area contributed by atoms with E-state index in [0.717, 1.165) is 55.3 Å². The van der Waals surface area contributed by atoms with Crippen molar-refractivity contribution in [3.63, 3.8) is 0 Å². The minimum atomic E-state index is -0.307. The predicted octanol–water partition coefficient (Wildman–Crippen LogP) is 9.65. The highest BCUT2D eigenvalue weighted by Crippen LogP contribution is 2.38. The number of rotatable bonds is 5.